The first kappa shape index (κ1) is 10.8. The second-order valence-electron chi connectivity index (χ2n) is 3.29. The van der Waals surface area contributed by atoms with Crippen LogP contribution in [0.4, 0.5) is 5.69 Å². The molecule has 0 unspecified atom stereocenters. The minimum absolute atomic E-state index is 0.0613. The Kier molecular flexibility index (Phi) is 2.54. The van der Waals surface area contributed by atoms with Gasteiger partial charge in [0, 0.05) is 24.2 Å². The molecule has 2 heterocycles. The molecule has 0 bridgehead atoms. The van der Waals surface area contributed by atoms with Crippen LogP contribution < -0.4 is 0 Å². The van der Waals surface area contributed by atoms with Crippen LogP contribution in [0.25, 0.3) is 5.82 Å². The minimum Gasteiger partial charge on any atom is -0.270 e. The van der Waals surface area contributed by atoms with Gasteiger partial charge in [0.25, 0.3) is 0 Å². The van der Waals surface area contributed by atoms with Gasteiger partial charge in [0.15, 0.2) is 0 Å². The van der Waals surface area contributed by atoms with Crippen LogP contribution in [0, 0.1) is 28.4 Å². The van der Waals surface area contributed by atoms with E-state index in [1.807, 2.05) is 6.07 Å². The molecule has 7 heteroatoms. The van der Waals surface area contributed by atoms with E-state index in [4.69, 9.17) is 5.26 Å². The predicted molar refractivity (Wildman–Crippen MR) is 57.5 cm³/mol. The maximum atomic E-state index is 11.0. The van der Waals surface area contributed by atoms with Crippen LogP contribution in [-0.2, 0) is 0 Å². The lowest BCUT2D eigenvalue weighted by Crippen LogP contribution is -2.05. The summed E-state index contributed by atoms with van der Waals surface area (Å²) in [5, 5.41) is 19.8. The Labute approximate surface area is 96.1 Å². The summed E-state index contributed by atoms with van der Waals surface area (Å²) < 4.78 is 1.30. The quantitative estimate of drug-likeness (QED) is 0.571. The first-order chi connectivity index (χ1) is 8.15. The summed E-state index contributed by atoms with van der Waals surface area (Å²) in [7, 11) is 0. The van der Waals surface area contributed by atoms with E-state index in [1.54, 1.807) is 13.0 Å². The number of pyridine rings is 1. The van der Waals surface area contributed by atoms with Crippen LogP contribution >= 0.6 is 0 Å². The fourth-order valence-corrected chi connectivity index (χ4v) is 1.50. The van der Waals surface area contributed by atoms with Gasteiger partial charge in [-0.1, -0.05) is 0 Å². The van der Waals surface area contributed by atoms with Crippen molar-refractivity contribution in [1.29, 1.82) is 5.26 Å². The average Bonchev–Trinajstić information content (AvgIpc) is 2.75. The van der Waals surface area contributed by atoms with Crippen molar-refractivity contribution in [3.63, 3.8) is 0 Å². The standard InChI is InChI=1S/C10H7N5O2/c1-7-2-3-13-10(9(7)15(16)17)14-5-4-12-8(14)6-11/h2-5H,1H3. The maximum absolute atomic E-state index is 11.0. The highest BCUT2D eigenvalue weighted by Crippen LogP contribution is 2.24. The number of nitrogens with zero attached hydrogens (tertiary/aromatic N) is 5. The van der Waals surface area contributed by atoms with Crippen LogP contribution in [0.15, 0.2) is 24.7 Å². The van der Waals surface area contributed by atoms with Gasteiger partial charge in [0.05, 0.1) is 4.92 Å². The average molecular weight is 229 g/mol. The van der Waals surface area contributed by atoms with E-state index in [0.29, 0.717) is 5.56 Å². The number of hydrogen-bond acceptors (Lipinski definition) is 5. The van der Waals surface area contributed by atoms with Crippen molar-refractivity contribution in [2.24, 2.45) is 0 Å². The monoisotopic (exact) mass is 229 g/mol. The number of imidazole rings is 1. The molecular weight excluding hydrogens is 222 g/mol. The Hall–Kier alpha value is -2.75. The summed E-state index contributed by atoms with van der Waals surface area (Å²) in [5.74, 6) is 0.162. The van der Waals surface area contributed by atoms with Crippen molar-refractivity contribution in [2.75, 3.05) is 0 Å². The molecule has 0 amide bonds. The SMILES string of the molecule is Cc1ccnc(-n2ccnc2C#N)c1[N+](=O)[O-]. The van der Waals surface area contributed by atoms with Crippen LogP contribution in [0.5, 0.6) is 0 Å². The Morgan fingerprint density at radius 2 is 2.24 bits per heavy atom. The molecular formula is C10H7N5O2. The molecule has 0 aromatic carbocycles. The second kappa shape index (κ2) is 4.02. The van der Waals surface area contributed by atoms with Gasteiger partial charge in [-0.3, -0.25) is 14.7 Å². The zero-order chi connectivity index (χ0) is 12.4. The predicted octanol–water partition coefficient (Wildman–Crippen LogP) is 1.36. The first-order valence-electron chi connectivity index (χ1n) is 4.69. The minimum atomic E-state index is -0.515. The van der Waals surface area contributed by atoms with Gasteiger partial charge < -0.3 is 0 Å². The molecule has 0 atom stereocenters. The molecule has 0 N–H and O–H groups in total. The van der Waals surface area contributed by atoms with E-state index in [-0.39, 0.29) is 17.3 Å². The molecule has 0 aliphatic rings. The van der Waals surface area contributed by atoms with Crippen molar-refractivity contribution in [3.05, 3.63) is 46.2 Å². The molecule has 0 saturated carbocycles. The Morgan fingerprint density at radius 1 is 1.47 bits per heavy atom. The number of aryl methyl sites for hydroxylation is 1. The van der Waals surface area contributed by atoms with Gasteiger partial charge in [0.1, 0.15) is 6.07 Å². The number of aromatic nitrogens is 3. The molecule has 2 aromatic heterocycles. The van der Waals surface area contributed by atoms with Crippen LogP contribution in [-0.4, -0.2) is 19.5 Å². The zero-order valence-corrected chi connectivity index (χ0v) is 8.86. The fraction of sp³-hybridized carbons (Fsp3) is 0.100. The topological polar surface area (TPSA) is 97.6 Å². The molecule has 7 nitrogen and oxygen atoms in total. The van der Waals surface area contributed by atoms with Crippen LogP contribution in [0.1, 0.15) is 11.4 Å². The van der Waals surface area contributed by atoms with Crippen molar-refractivity contribution < 1.29 is 4.92 Å². The summed E-state index contributed by atoms with van der Waals surface area (Å²) >= 11 is 0. The third kappa shape index (κ3) is 1.72. The molecule has 17 heavy (non-hydrogen) atoms. The van der Waals surface area contributed by atoms with Crippen molar-refractivity contribution in [1.82, 2.24) is 14.5 Å². The summed E-state index contributed by atoms with van der Waals surface area (Å²) in [6.07, 6.45) is 4.32. The Balaban J connectivity index is 2.73. The van der Waals surface area contributed by atoms with Gasteiger partial charge in [-0.15, -0.1) is 0 Å². The lowest BCUT2D eigenvalue weighted by atomic mass is 10.2. The van der Waals surface area contributed by atoms with E-state index in [9.17, 15) is 10.1 Å². The molecule has 2 aromatic rings. The molecule has 0 saturated heterocycles. The van der Waals surface area contributed by atoms with Crippen LogP contribution in [0.3, 0.4) is 0 Å². The zero-order valence-electron chi connectivity index (χ0n) is 8.86. The number of rotatable bonds is 2. The molecule has 2 rings (SSSR count). The summed E-state index contributed by atoms with van der Waals surface area (Å²) in [6, 6.07) is 3.40. The third-order valence-corrected chi connectivity index (χ3v) is 2.26. The number of hydrogen-bond donors (Lipinski definition) is 0. The van der Waals surface area contributed by atoms with E-state index in [0.717, 1.165) is 0 Å². The largest absolute Gasteiger partial charge is 0.315 e. The molecule has 0 radical (unpaired) electrons. The molecule has 0 aliphatic heterocycles. The van der Waals surface area contributed by atoms with Gasteiger partial charge in [0.2, 0.25) is 11.6 Å². The number of nitriles is 1. The maximum Gasteiger partial charge on any atom is 0.315 e. The summed E-state index contributed by atoms with van der Waals surface area (Å²) in [4.78, 5) is 18.2. The van der Waals surface area contributed by atoms with Gasteiger partial charge in [-0.25, -0.2) is 9.97 Å². The highest BCUT2D eigenvalue weighted by Gasteiger charge is 2.21. The smallest absolute Gasteiger partial charge is 0.270 e. The molecule has 0 aliphatic carbocycles. The Morgan fingerprint density at radius 3 is 2.88 bits per heavy atom. The summed E-state index contributed by atoms with van der Waals surface area (Å²) in [6.45, 7) is 1.62. The van der Waals surface area contributed by atoms with Crippen molar-refractivity contribution in [3.8, 4) is 11.9 Å². The van der Waals surface area contributed by atoms with Gasteiger partial charge >= 0.3 is 5.69 Å². The van der Waals surface area contributed by atoms with Gasteiger partial charge in [-0.2, -0.15) is 5.26 Å². The lowest BCUT2D eigenvalue weighted by Gasteiger charge is -2.05. The molecule has 0 fully saturated rings. The molecule has 0 spiro atoms. The normalized spacial score (nSPS) is 9.88. The van der Waals surface area contributed by atoms with Gasteiger partial charge in [-0.05, 0) is 13.0 Å². The lowest BCUT2D eigenvalue weighted by molar-refractivity contribution is -0.385. The summed E-state index contributed by atoms with van der Waals surface area (Å²) in [5.41, 5.74) is 0.361. The fourth-order valence-electron chi connectivity index (χ4n) is 1.50. The van der Waals surface area contributed by atoms with E-state index < -0.39 is 4.92 Å². The van der Waals surface area contributed by atoms with Crippen LogP contribution in [0.2, 0.25) is 0 Å². The third-order valence-electron chi connectivity index (χ3n) is 2.26. The Bertz CT molecular complexity index is 626. The highest BCUT2D eigenvalue weighted by molar-refractivity contribution is 5.53. The van der Waals surface area contributed by atoms with E-state index >= 15 is 0 Å². The van der Waals surface area contributed by atoms with E-state index in [1.165, 1.54) is 23.2 Å². The highest BCUT2D eigenvalue weighted by atomic mass is 16.6. The number of nitro groups is 1. The van der Waals surface area contributed by atoms with Crippen molar-refractivity contribution in [2.45, 2.75) is 6.92 Å². The van der Waals surface area contributed by atoms with Crippen molar-refractivity contribution >= 4 is 5.69 Å². The van der Waals surface area contributed by atoms with E-state index in [2.05, 4.69) is 9.97 Å². The second-order valence-corrected chi connectivity index (χ2v) is 3.29. The molecule has 84 valence electrons. The first-order valence-corrected chi connectivity index (χ1v) is 4.69.